The van der Waals surface area contributed by atoms with Gasteiger partial charge in [-0.1, -0.05) is 30.8 Å². The van der Waals surface area contributed by atoms with E-state index in [-0.39, 0.29) is 0 Å². The van der Waals surface area contributed by atoms with Gasteiger partial charge < -0.3 is 4.42 Å². The van der Waals surface area contributed by atoms with Crippen molar-refractivity contribution in [2.24, 2.45) is 0 Å². The lowest BCUT2D eigenvalue weighted by molar-refractivity contribution is 0.465. The van der Waals surface area contributed by atoms with Gasteiger partial charge in [0.1, 0.15) is 0 Å². The third kappa shape index (κ3) is 2.65. The van der Waals surface area contributed by atoms with Crippen LogP contribution < -0.4 is 0 Å². The Balaban J connectivity index is 2.22. The lowest BCUT2D eigenvalue weighted by atomic mass is 10.2. The van der Waals surface area contributed by atoms with Crippen LogP contribution in [0.3, 0.4) is 0 Å². The van der Waals surface area contributed by atoms with E-state index in [2.05, 4.69) is 33.1 Å². The summed E-state index contributed by atoms with van der Waals surface area (Å²) in [7, 11) is 0. The highest BCUT2D eigenvalue weighted by molar-refractivity contribution is 9.10. The van der Waals surface area contributed by atoms with Crippen molar-refractivity contribution in [1.82, 2.24) is 10.2 Å². The maximum absolute atomic E-state index is 5.56. The summed E-state index contributed by atoms with van der Waals surface area (Å²) >= 11 is 5.05. The van der Waals surface area contributed by atoms with Crippen LogP contribution in [0.5, 0.6) is 0 Å². The second-order valence-corrected chi connectivity index (χ2v) is 5.10. The first-order valence-corrected chi connectivity index (χ1v) is 6.80. The minimum atomic E-state index is 0.561. The average molecular weight is 299 g/mol. The fourth-order valence-electron chi connectivity index (χ4n) is 1.20. The fraction of sp³-hybridized carbons (Fsp3) is 0.273. The van der Waals surface area contributed by atoms with Crippen LogP contribution in [0.25, 0.3) is 11.5 Å². The topological polar surface area (TPSA) is 38.9 Å². The standard InChI is InChI=1S/C11H11BrN2OS/c1-2-7-16-11-14-13-10(15-11)8-5-3-4-6-9(8)12/h3-6H,2,7H2,1H3. The molecule has 0 saturated heterocycles. The largest absolute Gasteiger partial charge is 0.411 e. The zero-order chi connectivity index (χ0) is 11.4. The van der Waals surface area contributed by atoms with Crippen LogP contribution in [0.15, 0.2) is 38.4 Å². The van der Waals surface area contributed by atoms with E-state index in [0.29, 0.717) is 11.1 Å². The van der Waals surface area contributed by atoms with Crippen molar-refractivity contribution in [2.75, 3.05) is 5.75 Å². The molecule has 0 aliphatic heterocycles. The molecular weight excluding hydrogens is 288 g/mol. The molecule has 0 saturated carbocycles. The van der Waals surface area contributed by atoms with Crippen molar-refractivity contribution < 1.29 is 4.42 Å². The van der Waals surface area contributed by atoms with E-state index in [9.17, 15) is 0 Å². The van der Waals surface area contributed by atoms with Crippen molar-refractivity contribution in [1.29, 1.82) is 0 Å². The minimum Gasteiger partial charge on any atom is -0.411 e. The number of benzene rings is 1. The Morgan fingerprint density at radius 3 is 2.88 bits per heavy atom. The molecule has 0 radical (unpaired) electrons. The second-order valence-electron chi connectivity index (χ2n) is 3.20. The summed E-state index contributed by atoms with van der Waals surface area (Å²) in [6.07, 6.45) is 1.09. The molecule has 0 aliphatic carbocycles. The Hall–Kier alpha value is -0.810. The first kappa shape index (κ1) is 11.7. The molecule has 0 N–H and O–H groups in total. The maximum atomic E-state index is 5.56. The third-order valence-electron chi connectivity index (χ3n) is 1.94. The zero-order valence-corrected chi connectivity index (χ0v) is 11.2. The van der Waals surface area contributed by atoms with E-state index >= 15 is 0 Å². The van der Waals surface area contributed by atoms with Crippen LogP contribution in [-0.2, 0) is 0 Å². The summed E-state index contributed by atoms with van der Waals surface area (Å²) in [5, 5.41) is 8.66. The van der Waals surface area contributed by atoms with E-state index in [0.717, 1.165) is 22.2 Å². The van der Waals surface area contributed by atoms with Gasteiger partial charge in [-0.25, -0.2) is 0 Å². The van der Waals surface area contributed by atoms with Gasteiger partial charge in [0.25, 0.3) is 5.22 Å². The van der Waals surface area contributed by atoms with Crippen molar-refractivity contribution in [3.05, 3.63) is 28.7 Å². The van der Waals surface area contributed by atoms with Crippen molar-refractivity contribution in [3.8, 4) is 11.5 Å². The molecule has 0 aliphatic rings. The van der Waals surface area contributed by atoms with Gasteiger partial charge in [0.2, 0.25) is 5.89 Å². The minimum absolute atomic E-state index is 0.561. The predicted octanol–water partition coefficient (Wildman–Crippen LogP) is 4.00. The van der Waals surface area contributed by atoms with Gasteiger partial charge in [0, 0.05) is 10.2 Å². The molecule has 3 nitrogen and oxygen atoms in total. The number of nitrogens with zero attached hydrogens (tertiary/aromatic N) is 2. The molecule has 0 bridgehead atoms. The number of thioether (sulfide) groups is 1. The highest BCUT2D eigenvalue weighted by Crippen LogP contribution is 2.28. The van der Waals surface area contributed by atoms with E-state index in [1.54, 1.807) is 11.8 Å². The van der Waals surface area contributed by atoms with Crippen LogP contribution in [0, 0.1) is 0 Å². The van der Waals surface area contributed by atoms with Gasteiger partial charge in [-0.2, -0.15) is 0 Å². The lowest BCUT2D eigenvalue weighted by Gasteiger charge is -1.96. The Labute approximate surface area is 107 Å². The molecule has 2 aromatic rings. The molecule has 84 valence electrons. The van der Waals surface area contributed by atoms with Gasteiger partial charge in [0.15, 0.2) is 0 Å². The number of aromatic nitrogens is 2. The van der Waals surface area contributed by atoms with Crippen LogP contribution in [-0.4, -0.2) is 16.0 Å². The molecule has 5 heteroatoms. The summed E-state index contributed by atoms with van der Waals surface area (Å²) in [6.45, 7) is 2.12. The summed E-state index contributed by atoms with van der Waals surface area (Å²) < 4.78 is 6.53. The highest BCUT2D eigenvalue weighted by atomic mass is 79.9. The van der Waals surface area contributed by atoms with E-state index in [4.69, 9.17) is 4.42 Å². The predicted molar refractivity (Wildman–Crippen MR) is 68.4 cm³/mol. The van der Waals surface area contributed by atoms with Gasteiger partial charge in [0.05, 0.1) is 5.56 Å². The second kappa shape index (κ2) is 5.50. The Kier molecular flexibility index (Phi) is 4.01. The SMILES string of the molecule is CCCSc1nnc(-c2ccccc2Br)o1. The maximum Gasteiger partial charge on any atom is 0.276 e. The van der Waals surface area contributed by atoms with Crippen molar-refractivity contribution in [2.45, 2.75) is 18.6 Å². The lowest BCUT2D eigenvalue weighted by Crippen LogP contribution is -1.78. The molecule has 0 atom stereocenters. The van der Waals surface area contributed by atoms with Crippen LogP contribution in [0.2, 0.25) is 0 Å². The molecule has 1 heterocycles. The zero-order valence-electron chi connectivity index (χ0n) is 8.81. The summed E-state index contributed by atoms with van der Waals surface area (Å²) in [6, 6.07) is 7.81. The van der Waals surface area contributed by atoms with Crippen LogP contribution in [0.1, 0.15) is 13.3 Å². The molecule has 0 fully saturated rings. The molecule has 1 aromatic carbocycles. The summed E-state index contributed by atoms with van der Waals surface area (Å²) in [5.41, 5.74) is 0.929. The molecule has 2 rings (SSSR count). The molecule has 16 heavy (non-hydrogen) atoms. The summed E-state index contributed by atoms with van der Waals surface area (Å²) in [4.78, 5) is 0. The Bertz CT molecular complexity index is 473. The average Bonchev–Trinajstić information content (AvgIpc) is 2.75. The van der Waals surface area contributed by atoms with Crippen LogP contribution >= 0.6 is 27.7 Å². The van der Waals surface area contributed by atoms with Gasteiger partial charge >= 0.3 is 0 Å². The van der Waals surface area contributed by atoms with Crippen molar-refractivity contribution in [3.63, 3.8) is 0 Å². The number of halogens is 1. The molecule has 0 unspecified atom stereocenters. The molecular formula is C11H11BrN2OS. The van der Waals surface area contributed by atoms with Crippen LogP contribution in [0.4, 0.5) is 0 Å². The number of hydrogen-bond donors (Lipinski definition) is 0. The number of hydrogen-bond acceptors (Lipinski definition) is 4. The van der Waals surface area contributed by atoms with E-state index < -0.39 is 0 Å². The number of rotatable bonds is 4. The third-order valence-corrected chi connectivity index (χ3v) is 3.66. The Morgan fingerprint density at radius 1 is 1.31 bits per heavy atom. The molecule has 1 aromatic heterocycles. The Morgan fingerprint density at radius 2 is 2.12 bits per heavy atom. The summed E-state index contributed by atoms with van der Waals surface area (Å²) in [5.74, 6) is 1.56. The molecule has 0 amide bonds. The van der Waals surface area contributed by atoms with Gasteiger partial charge in [-0.15, -0.1) is 10.2 Å². The first-order chi connectivity index (χ1) is 7.81. The smallest absolute Gasteiger partial charge is 0.276 e. The first-order valence-electron chi connectivity index (χ1n) is 5.02. The highest BCUT2D eigenvalue weighted by Gasteiger charge is 2.10. The van der Waals surface area contributed by atoms with Gasteiger partial charge in [-0.05, 0) is 34.5 Å². The normalized spacial score (nSPS) is 10.6. The van der Waals surface area contributed by atoms with Gasteiger partial charge in [-0.3, -0.25) is 0 Å². The quantitative estimate of drug-likeness (QED) is 0.800. The van der Waals surface area contributed by atoms with E-state index in [1.165, 1.54) is 0 Å². The van der Waals surface area contributed by atoms with Crippen molar-refractivity contribution >= 4 is 27.7 Å². The fourth-order valence-corrected chi connectivity index (χ4v) is 2.27. The van der Waals surface area contributed by atoms with E-state index in [1.807, 2.05) is 24.3 Å². The molecule has 0 spiro atoms. The monoisotopic (exact) mass is 298 g/mol.